The Morgan fingerprint density at radius 3 is 2.77 bits per heavy atom. The highest BCUT2D eigenvalue weighted by atomic mass is 127. The average Bonchev–Trinajstić information content (AvgIpc) is 3.33. The molecular weight excluding hydrogens is 501 g/mol. The van der Waals surface area contributed by atoms with Crippen LogP contribution in [-0.2, 0) is 6.54 Å². The smallest absolute Gasteiger partial charge is 0.194 e. The normalized spacial score (nSPS) is 22.2. The van der Waals surface area contributed by atoms with Gasteiger partial charge in [0.25, 0.3) is 0 Å². The molecule has 0 spiro atoms. The molecule has 0 bridgehead atoms. The van der Waals surface area contributed by atoms with Crippen LogP contribution < -0.4 is 10.2 Å². The average molecular weight is 537 g/mol. The van der Waals surface area contributed by atoms with Crippen LogP contribution in [0.4, 0.5) is 5.82 Å². The van der Waals surface area contributed by atoms with Crippen molar-refractivity contribution in [2.45, 2.75) is 52.1 Å². The number of guanidine groups is 1. The number of imidazole rings is 1. The van der Waals surface area contributed by atoms with E-state index in [0.717, 1.165) is 50.9 Å². The summed E-state index contributed by atoms with van der Waals surface area (Å²) in [6.45, 7) is 10.2. The molecule has 7 nitrogen and oxygen atoms in total. The predicted molar refractivity (Wildman–Crippen MR) is 137 cm³/mol. The number of anilines is 1. The zero-order valence-corrected chi connectivity index (χ0v) is 21.1. The maximum absolute atomic E-state index is 4.99. The van der Waals surface area contributed by atoms with Gasteiger partial charge < -0.3 is 19.7 Å². The molecule has 0 amide bonds. The van der Waals surface area contributed by atoms with Gasteiger partial charge in [0, 0.05) is 51.3 Å². The number of hydrogen-bond donors (Lipinski definition) is 1. The van der Waals surface area contributed by atoms with Gasteiger partial charge in [0.2, 0.25) is 0 Å². The Morgan fingerprint density at radius 1 is 1.19 bits per heavy atom. The largest absolute Gasteiger partial charge is 0.357 e. The van der Waals surface area contributed by atoms with E-state index in [1.165, 1.54) is 24.8 Å². The molecule has 1 N–H and O–H groups in total. The van der Waals surface area contributed by atoms with E-state index in [1.807, 2.05) is 18.7 Å². The van der Waals surface area contributed by atoms with Gasteiger partial charge in [-0.3, -0.25) is 0 Å². The van der Waals surface area contributed by atoms with E-state index in [2.05, 4.69) is 61.8 Å². The molecule has 4 heterocycles. The van der Waals surface area contributed by atoms with Crippen molar-refractivity contribution in [1.82, 2.24) is 24.8 Å². The van der Waals surface area contributed by atoms with Gasteiger partial charge in [0.05, 0.1) is 18.9 Å². The van der Waals surface area contributed by atoms with Gasteiger partial charge in [-0.25, -0.2) is 15.0 Å². The van der Waals surface area contributed by atoms with Crippen LogP contribution in [0.3, 0.4) is 0 Å². The summed E-state index contributed by atoms with van der Waals surface area (Å²) in [6, 6.07) is 4.73. The van der Waals surface area contributed by atoms with E-state index in [4.69, 9.17) is 4.99 Å². The fourth-order valence-electron chi connectivity index (χ4n) is 4.54. The van der Waals surface area contributed by atoms with E-state index in [1.54, 1.807) is 0 Å². The maximum atomic E-state index is 4.99. The monoisotopic (exact) mass is 537 g/mol. The molecular formula is C23H36IN7. The van der Waals surface area contributed by atoms with Crippen LogP contribution in [0.15, 0.2) is 42.0 Å². The number of nitrogens with one attached hydrogen (secondary N) is 1. The number of aromatic nitrogens is 3. The van der Waals surface area contributed by atoms with Crippen molar-refractivity contribution in [3.63, 3.8) is 0 Å². The molecule has 0 radical (unpaired) electrons. The van der Waals surface area contributed by atoms with E-state index in [0.29, 0.717) is 18.5 Å². The first kappa shape index (κ1) is 23.8. The molecule has 0 aromatic carbocycles. The Morgan fingerprint density at radius 2 is 2.03 bits per heavy atom. The molecule has 2 aliphatic rings. The summed E-state index contributed by atoms with van der Waals surface area (Å²) in [6.07, 6.45) is 12.8. The van der Waals surface area contributed by atoms with Gasteiger partial charge in [-0.2, -0.15) is 0 Å². The van der Waals surface area contributed by atoms with Crippen LogP contribution >= 0.6 is 24.0 Å². The number of hydrogen-bond acceptors (Lipinski definition) is 4. The highest BCUT2D eigenvalue weighted by Crippen LogP contribution is 2.27. The molecule has 2 aliphatic heterocycles. The Balaban J connectivity index is 0.00000272. The quantitative estimate of drug-likeness (QED) is 0.356. The van der Waals surface area contributed by atoms with Crippen LogP contribution in [0, 0.1) is 5.92 Å². The molecule has 2 fully saturated rings. The van der Waals surface area contributed by atoms with E-state index >= 15 is 0 Å². The third-order valence-corrected chi connectivity index (χ3v) is 6.36. The van der Waals surface area contributed by atoms with Crippen molar-refractivity contribution >= 4 is 35.8 Å². The van der Waals surface area contributed by atoms with Gasteiger partial charge >= 0.3 is 0 Å². The van der Waals surface area contributed by atoms with Gasteiger partial charge in [-0.05, 0) is 56.2 Å². The minimum atomic E-state index is 0. The third kappa shape index (κ3) is 6.11. The number of nitrogens with zero attached hydrogens (tertiary/aromatic N) is 6. The SMILES string of the molecule is CCNC(=NCc1ccnc(N2CCCCC2)c1)N1CCC(C)C(n2ccnc2)C1.I. The molecule has 0 aliphatic carbocycles. The topological polar surface area (TPSA) is 61.6 Å². The number of piperidine rings is 2. The first-order chi connectivity index (χ1) is 14.7. The standard InChI is InChI=1S/C23H35N7.HI/c1-3-25-23(29-13-8-19(2)21(17-29)30-14-10-24-18-30)27-16-20-7-9-26-22(15-20)28-11-5-4-6-12-28;/h7,9-10,14-15,18-19,21H,3-6,8,11-13,16-17H2,1-2H3,(H,25,27);1H. The van der Waals surface area contributed by atoms with Crippen LogP contribution in [0.1, 0.15) is 51.1 Å². The fraction of sp³-hybridized carbons (Fsp3) is 0.609. The van der Waals surface area contributed by atoms with Crippen molar-refractivity contribution in [2.75, 3.05) is 37.6 Å². The summed E-state index contributed by atoms with van der Waals surface area (Å²) < 4.78 is 2.24. The van der Waals surface area contributed by atoms with Gasteiger partial charge in [-0.15, -0.1) is 24.0 Å². The molecule has 2 atom stereocenters. The Kier molecular flexibility index (Phi) is 8.98. The highest BCUT2D eigenvalue weighted by molar-refractivity contribution is 14.0. The lowest BCUT2D eigenvalue weighted by Gasteiger charge is -2.39. The number of pyridine rings is 1. The lowest BCUT2D eigenvalue weighted by atomic mass is 9.93. The number of likely N-dealkylation sites (tertiary alicyclic amines) is 1. The number of rotatable bonds is 5. The summed E-state index contributed by atoms with van der Waals surface area (Å²) >= 11 is 0. The molecule has 0 saturated carbocycles. The van der Waals surface area contributed by atoms with Gasteiger partial charge in [-0.1, -0.05) is 6.92 Å². The van der Waals surface area contributed by atoms with Gasteiger partial charge in [0.1, 0.15) is 5.82 Å². The molecule has 31 heavy (non-hydrogen) atoms. The minimum absolute atomic E-state index is 0. The molecule has 2 aromatic rings. The minimum Gasteiger partial charge on any atom is -0.357 e. The van der Waals surface area contributed by atoms with E-state index < -0.39 is 0 Å². The zero-order chi connectivity index (χ0) is 20.8. The van der Waals surface area contributed by atoms with Crippen molar-refractivity contribution in [3.05, 3.63) is 42.6 Å². The summed E-state index contributed by atoms with van der Waals surface area (Å²) in [5, 5.41) is 3.51. The van der Waals surface area contributed by atoms with Crippen molar-refractivity contribution < 1.29 is 0 Å². The summed E-state index contributed by atoms with van der Waals surface area (Å²) in [4.78, 5) is 18.7. The number of halogens is 1. The maximum Gasteiger partial charge on any atom is 0.194 e. The molecule has 170 valence electrons. The second-order valence-corrected chi connectivity index (χ2v) is 8.53. The summed E-state index contributed by atoms with van der Waals surface area (Å²) in [5.74, 6) is 2.73. The van der Waals surface area contributed by atoms with Gasteiger partial charge in [0.15, 0.2) is 5.96 Å². The Labute approximate surface area is 203 Å². The summed E-state index contributed by atoms with van der Waals surface area (Å²) in [5.41, 5.74) is 1.22. The highest BCUT2D eigenvalue weighted by Gasteiger charge is 2.28. The Bertz CT molecular complexity index is 817. The van der Waals surface area contributed by atoms with Crippen LogP contribution in [0.2, 0.25) is 0 Å². The first-order valence-electron chi connectivity index (χ1n) is 11.4. The van der Waals surface area contributed by atoms with Crippen LogP contribution in [0.5, 0.6) is 0 Å². The molecule has 2 unspecified atom stereocenters. The van der Waals surface area contributed by atoms with E-state index in [9.17, 15) is 0 Å². The molecule has 2 saturated heterocycles. The van der Waals surface area contributed by atoms with Crippen LogP contribution in [0.25, 0.3) is 0 Å². The lowest BCUT2D eigenvalue weighted by Crippen LogP contribution is -2.49. The second-order valence-electron chi connectivity index (χ2n) is 8.53. The molecule has 8 heteroatoms. The molecule has 2 aromatic heterocycles. The lowest BCUT2D eigenvalue weighted by molar-refractivity contribution is 0.189. The first-order valence-corrected chi connectivity index (χ1v) is 11.4. The van der Waals surface area contributed by atoms with Crippen molar-refractivity contribution in [2.24, 2.45) is 10.9 Å². The Hall–Kier alpha value is -1.84. The van der Waals surface area contributed by atoms with Crippen molar-refractivity contribution in [1.29, 1.82) is 0 Å². The predicted octanol–water partition coefficient (Wildman–Crippen LogP) is 3.94. The van der Waals surface area contributed by atoms with E-state index in [-0.39, 0.29) is 24.0 Å². The number of aliphatic imine (C=N–C) groups is 1. The third-order valence-electron chi connectivity index (χ3n) is 6.36. The van der Waals surface area contributed by atoms with Crippen LogP contribution in [-0.4, -0.2) is 58.1 Å². The zero-order valence-electron chi connectivity index (χ0n) is 18.8. The fourth-order valence-corrected chi connectivity index (χ4v) is 4.54. The van der Waals surface area contributed by atoms with Crippen molar-refractivity contribution in [3.8, 4) is 0 Å². The second kappa shape index (κ2) is 11.7. The summed E-state index contributed by atoms with van der Waals surface area (Å²) in [7, 11) is 0. The molecule has 4 rings (SSSR count).